The van der Waals surface area contributed by atoms with Crippen LogP contribution in [-0.2, 0) is 0 Å². The van der Waals surface area contributed by atoms with Crippen LogP contribution in [0.4, 0.5) is 0 Å². The molecule has 0 atom stereocenters. The lowest BCUT2D eigenvalue weighted by Crippen LogP contribution is -2.01. The zero-order valence-electron chi connectivity index (χ0n) is 5.61. The first-order valence-corrected chi connectivity index (χ1v) is 3.40. The van der Waals surface area contributed by atoms with E-state index in [0.29, 0.717) is 0 Å². The van der Waals surface area contributed by atoms with Crippen molar-refractivity contribution in [3.8, 4) is 5.82 Å². The molecule has 52 valence electrons. The van der Waals surface area contributed by atoms with Crippen molar-refractivity contribution in [1.29, 1.82) is 0 Å². The Kier molecular flexibility index (Phi) is 0.619. The highest BCUT2D eigenvalue weighted by atomic mass is 16.1. The van der Waals surface area contributed by atoms with Gasteiger partial charge in [0, 0.05) is 5.39 Å². The van der Waals surface area contributed by atoms with E-state index in [9.17, 15) is 4.79 Å². The van der Waals surface area contributed by atoms with Gasteiger partial charge in [-0.2, -0.15) is 4.68 Å². The standard InChI is InChI=1S/C8H4N2O/c11-8-6-4-2-1-3-5(6)7-9-10(7)8/h1-4H. The first-order valence-electron chi connectivity index (χ1n) is 3.40. The first-order chi connectivity index (χ1) is 5.38. The summed E-state index contributed by atoms with van der Waals surface area (Å²) < 4.78 is 1.44. The molecule has 1 aromatic carbocycles. The summed E-state index contributed by atoms with van der Waals surface area (Å²) in [6.45, 7) is 0. The molecule has 2 heterocycles. The summed E-state index contributed by atoms with van der Waals surface area (Å²) in [5.41, 5.74) is 0.00981. The monoisotopic (exact) mass is 144 g/mol. The van der Waals surface area contributed by atoms with Crippen LogP contribution in [0.5, 0.6) is 0 Å². The number of hydrogen-bond donors (Lipinski definition) is 0. The van der Waals surface area contributed by atoms with Gasteiger partial charge in [0.05, 0.1) is 5.39 Å². The average molecular weight is 144 g/mol. The quantitative estimate of drug-likeness (QED) is 0.465. The predicted octanol–water partition coefficient (Wildman–Crippen LogP) is 0.699. The third kappa shape index (κ3) is 0.452. The molecule has 3 nitrogen and oxygen atoms in total. The molecule has 3 heteroatoms. The number of hydrogen-bond acceptors (Lipinski definition) is 2. The molecule has 0 N–H and O–H groups in total. The van der Waals surface area contributed by atoms with E-state index in [4.69, 9.17) is 0 Å². The van der Waals surface area contributed by atoms with Gasteiger partial charge in [0.15, 0.2) is 5.82 Å². The molecule has 0 saturated carbocycles. The normalized spacial score (nSPS) is 12.0. The van der Waals surface area contributed by atoms with E-state index < -0.39 is 0 Å². The van der Waals surface area contributed by atoms with Crippen LogP contribution in [0, 0.1) is 0 Å². The maximum absolute atomic E-state index is 11.2. The molecule has 0 bridgehead atoms. The van der Waals surface area contributed by atoms with Crippen molar-refractivity contribution in [3.63, 3.8) is 0 Å². The fraction of sp³-hybridized carbons (Fsp3) is 0. The van der Waals surface area contributed by atoms with Gasteiger partial charge in [-0.25, -0.2) is 0 Å². The largest absolute Gasteiger partial charge is 0.281 e. The molecule has 0 amide bonds. The van der Waals surface area contributed by atoms with Crippen molar-refractivity contribution in [3.05, 3.63) is 34.6 Å². The smallest absolute Gasteiger partial charge is 0.267 e. The van der Waals surface area contributed by atoms with Crippen molar-refractivity contribution in [1.82, 2.24) is 9.78 Å². The lowest BCUT2D eigenvalue weighted by Gasteiger charge is -1.81. The van der Waals surface area contributed by atoms with Gasteiger partial charge in [-0.3, -0.25) is 4.79 Å². The molecule has 0 saturated heterocycles. The van der Waals surface area contributed by atoms with E-state index >= 15 is 0 Å². The van der Waals surface area contributed by atoms with Crippen LogP contribution < -0.4 is 5.56 Å². The van der Waals surface area contributed by atoms with Gasteiger partial charge in [-0.05, 0) is 6.07 Å². The predicted molar refractivity (Wildman–Crippen MR) is 40.9 cm³/mol. The molecular weight excluding hydrogens is 140 g/mol. The molecule has 0 spiro atoms. The van der Waals surface area contributed by atoms with Crippen molar-refractivity contribution in [2.75, 3.05) is 0 Å². The number of aromatic nitrogens is 2. The summed E-state index contributed by atoms with van der Waals surface area (Å²) in [7, 11) is 0. The lowest BCUT2D eigenvalue weighted by molar-refractivity contribution is 1.10. The molecule has 1 aromatic rings. The fourth-order valence-electron chi connectivity index (χ4n) is 1.36. The van der Waals surface area contributed by atoms with Gasteiger partial charge < -0.3 is 0 Å². The number of nitrogens with zero attached hydrogens (tertiary/aromatic N) is 2. The Morgan fingerprint density at radius 3 is 2.64 bits per heavy atom. The highest BCUT2D eigenvalue weighted by molar-refractivity contribution is 5.91. The van der Waals surface area contributed by atoms with Gasteiger partial charge in [0.2, 0.25) is 0 Å². The Balaban J connectivity index is 2.72. The van der Waals surface area contributed by atoms with E-state index in [1.807, 2.05) is 24.3 Å². The summed E-state index contributed by atoms with van der Waals surface area (Å²) in [4.78, 5) is 11.2. The van der Waals surface area contributed by atoms with Crippen LogP contribution in [0.25, 0.3) is 16.6 Å². The topological polar surface area (TPSA) is 34.9 Å². The minimum Gasteiger partial charge on any atom is -0.267 e. The van der Waals surface area contributed by atoms with Gasteiger partial charge in [-0.15, -0.1) is 5.10 Å². The summed E-state index contributed by atoms with van der Waals surface area (Å²) in [5, 5.41) is 5.63. The molecule has 2 aliphatic rings. The van der Waals surface area contributed by atoms with Crippen LogP contribution in [0.2, 0.25) is 0 Å². The van der Waals surface area contributed by atoms with Crippen molar-refractivity contribution < 1.29 is 0 Å². The molecule has 0 aromatic heterocycles. The Morgan fingerprint density at radius 1 is 1.18 bits per heavy atom. The summed E-state index contributed by atoms with van der Waals surface area (Å²) in [6, 6.07) is 7.52. The molecule has 0 unspecified atom stereocenters. The first kappa shape index (κ1) is 5.07. The second-order valence-electron chi connectivity index (χ2n) is 2.59. The molecule has 11 heavy (non-hydrogen) atoms. The maximum Gasteiger partial charge on any atom is 0.281 e. The molecule has 0 fully saturated rings. The Hall–Kier alpha value is -1.64. The maximum atomic E-state index is 11.2. The third-order valence-electron chi connectivity index (χ3n) is 1.95. The van der Waals surface area contributed by atoms with E-state index in [0.717, 1.165) is 16.6 Å². The second kappa shape index (κ2) is 1.34. The van der Waals surface area contributed by atoms with Crippen LogP contribution in [0.3, 0.4) is 0 Å². The van der Waals surface area contributed by atoms with Gasteiger partial charge in [-0.1, -0.05) is 18.2 Å². The number of rotatable bonds is 0. The number of fused-ring (bicyclic) bond motifs is 3. The molecule has 0 aliphatic carbocycles. The SMILES string of the molecule is O=c1c2ccccc2c2nn1-2. The van der Waals surface area contributed by atoms with Crippen molar-refractivity contribution in [2.45, 2.75) is 0 Å². The minimum absolute atomic E-state index is 0.00981. The van der Waals surface area contributed by atoms with Crippen LogP contribution >= 0.6 is 0 Å². The van der Waals surface area contributed by atoms with E-state index in [-0.39, 0.29) is 5.56 Å². The molecule has 3 rings (SSSR count). The van der Waals surface area contributed by atoms with E-state index in [1.54, 1.807) is 0 Å². The zero-order valence-corrected chi connectivity index (χ0v) is 5.61. The highest BCUT2D eigenvalue weighted by Crippen LogP contribution is 2.23. The highest BCUT2D eigenvalue weighted by Gasteiger charge is 2.23. The molecule has 2 aliphatic heterocycles. The average Bonchev–Trinajstić information content (AvgIpc) is 2.78. The zero-order chi connectivity index (χ0) is 7.42. The van der Waals surface area contributed by atoms with Crippen LogP contribution in [0.1, 0.15) is 0 Å². The third-order valence-corrected chi connectivity index (χ3v) is 1.95. The lowest BCUT2D eigenvalue weighted by atomic mass is 10.2. The van der Waals surface area contributed by atoms with E-state index in [1.165, 1.54) is 4.68 Å². The fourth-order valence-corrected chi connectivity index (χ4v) is 1.36. The molecular formula is C8H4N2O. The minimum atomic E-state index is 0.00981. The Labute approximate surface area is 61.9 Å². The Bertz CT molecular complexity index is 513. The van der Waals surface area contributed by atoms with Crippen molar-refractivity contribution >= 4 is 10.8 Å². The van der Waals surface area contributed by atoms with Gasteiger partial charge in [0.1, 0.15) is 0 Å². The van der Waals surface area contributed by atoms with Gasteiger partial charge in [0.25, 0.3) is 5.56 Å². The summed E-state index contributed by atoms with van der Waals surface area (Å²) in [5.74, 6) is 0.825. The Morgan fingerprint density at radius 2 is 1.91 bits per heavy atom. The molecule has 0 radical (unpaired) electrons. The van der Waals surface area contributed by atoms with E-state index in [2.05, 4.69) is 5.10 Å². The second-order valence-corrected chi connectivity index (χ2v) is 2.59. The van der Waals surface area contributed by atoms with Crippen LogP contribution in [-0.4, -0.2) is 9.78 Å². The van der Waals surface area contributed by atoms with Gasteiger partial charge >= 0.3 is 0 Å². The number of benzene rings is 1. The summed E-state index contributed by atoms with van der Waals surface area (Å²) in [6.07, 6.45) is 0. The summed E-state index contributed by atoms with van der Waals surface area (Å²) >= 11 is 0. The van der Waals surface area contributed by atoms with Crippen LogP contribution in [0.15, 0.2) is 29.1 Å². The van der Waals surface area contributed by atoms with Crippen molar-refractivity contribution in [2.24, 2.45) is 0 Å².